The maximum Gasteiger partial charge on any atom is 0.341 e. The Balaban J connectivity index is 1.84. The minimum absolute atomic E-state index is 0.0828. The van der Waals surface area contributed by atoms with Gasteiger partial charge in [0.15, 0.2) is 0 Å². The summed E-state index contributed by atoms with van der Waals surface area (Å²) in [6.07, 6.45) is -0.260. The van der Waals surface area contributed by atoms with Crippen LogP contribution in [0.2, 0.25) is 0 Å². The van der Waals surface area contributed by atoms with Gasteiger partial charge in [0.05, 0.1) is 26.9 Å². The fourth-order valence-corrected chi connectivity index (χ4v) is 3.07. The lowest BCUT2D eigenvalue weighted by molar-refractivity contribution is 0.0505. The van der Waals surface area contributed by atoms with Crippen LogP contribution < -0.4 is 9.47 Å². The number of ether oxygens (including phenoxy) is 3. The minimum atomic E-state index is -0.764. The number of benzene rings is 2. The molecule has 1 aliphatic heterocycles. The molecule has 132 valence electrons. The van der Waals surface area contributed by atoms with Gasteiger partial charge in [-0.25, -0.2) is 4.79 Å². The van der Waals surface area contributed by atoms with Crippen molar-refractivity contribution in [1.29, 1.82) is 0 Å². The highest BCUT2D eigenvalue weighted by Crippen LogP contribution is 2.38. The fraction of sp³-hybridized carbons (Fsp3) is 0.316. The lowest BCUT2D eigenvalue weighted by Crippen LogP contribution is -2.27. The predicted octanol–water partition coefficient (Wildman–Crippen LogP) is 2.47. The van der Waals surface area contributed by atoms with Crippen molar-refractivity contribution in [3.8, 4) is 17.2 Å². The van der Waals surface area contributed by atoms with Crippen LogP contribution in [0.4, 0.5) is 0 Å². The number of phenolic OH excluding ortho intramolecular Hbond substituents is 1. The van der Waals surface area contributed by atoms with Crippen molar-refractivity contribution in [1.82, 2.24) is 0 Å². The Morgan fingerprint density at radius 3 is 2.76 bits per heavy atom. The molecule has 2 aromatic rings. The van der Waals surface area contributed by atoms with Crippen LogP contribution in [0.5, 0.6) is 17.2 Å². The molecule has 2 aromatic carbocycles. The van der Waals surface area contributed by atoms with Crippen LogP contribution in [0.25, 0.3) is 0 Å². The van der Waals surface area contributed by atoms with Gasteiger partial charge in [0, 0.05) is 11.5 Å². The van der Waals surface area contributed by atoms with E-state index in [1.54, 1.807) is 18.2 Å². The van der Waals surface area contributed by atoms with E-state index in [9.17, 15) is 15.0 Å². The number of carbonyl (C=O) groups excluding carboxylic acids is 1. The van der Waals surface area contributed by atoms with Crippen LogP contribution >= 0.6 is 0 Å². The number of aliphatic hydroxyl groups is 1. The number of hydrogen-bond acceptors (Lipinski definition) is 6. The molecule has 0 fully saturated rings. The number of phenols is 1. The van der Waals surface area contributed by atoms with Crippen molar-refractivity contribution in [2.45, 2.75) is 12.5 Å². The van der Waals surface area contributed by atoms with Crippen LogP contribution in [0.15, 0.2) is 36.4 Å². The van der Waals surface area contributed by atoms with Gasteiger partial charge >= 0.3 is 5.97 Å². The number of aromatic hydroxyl groups is 1. The maximum atomic E-state index is 11.9. The first-order chi connectivity index (χ1) is 12.0. The average molecular weight is 344 g/mol. The van der Waals surface area contributed by atoms with Crippen molar-refractivity contribution in [2.75, 3.05) is 20.8 Å². The standard InChI is InChI=1S/C19H20O6/c1-23-16-5-3-11(8-15(16)19(22)24-2)7-12-10-25-17-6-4-13(20)9-14(17)18(12)21/h3-6,8-9,12,18,20-21H,7,10H2,1-2H3. The lowest BCUT2D eigenvalue weighted by atomic mass is 9.87. The Labute approximate surface area is 145 Å². The second-order valence-corrected chi connectivity index (χ2v) is 5.97. The highest BCUT2D eigenvalue weighted by Gasteiger charge is 2.30. The average Bonchev–Trinajstić information content (AvgIpc) is 2.63. The Morgan fingerprint density at radius 1 is 1.24 bits per heavy atom. The van der Waals surface area contributed by atoms with Gasteiger partial charge in [0.1, 0.15) is 22.8 Å². The Morgan fingerprint density at radius 2 is 2.04 bits per heavy atom. The lowest BCUT2D eigenvalue weighted by Gasteiger charge is -2.30. The van der Waals surface area contributed by atoms with E-state index in [2.05, 4.69) is 0 Å². The summed E-state index contributed by atoms with van der Waals surface area (Å²) < 4.78 is 15.7. The van der Waals surface area contributed by atoms with Crippen LogP contribution in [-0.4, -0.2) is 37.0 Å². The highest BCUT2D eigenvalue weighted by molar-refractivity contribution is 5.92. The minimum Gasteiger partial charge on any atom is -0.508 e. The number of esters is 1. The monoisotopic (exact) mass is 344 g/mol. The van der Waals surface area contributed by atoms with Crippen LogP contribution in [-0.2, 0) is 11.2 Å². The van der Waals surface area contributed by atoms with Crippen LogP contribution in [0.3, 0.4) is 0 Å². The molecule has 1 heterocycles. The normalized spacial score (nSPS) is 18.8. The molecular weight excluding hydrogens is 324 g/mol. The molecule has 0 bridgehead atoms. The smallest absolute Gasteiger partial charge is 0.341 e. The van der Waals surface area contributed by atoms with E-state index in [-0.39, 0.29) is 11.7 Å². The molecule has 0 saturated carbocycles. The van der Waals surface area contributed by atoms with E-state index in [0.29, 0.717) is 35.7 Å². The molecule has 25 heavy (non-hydrogen) atoms. The van der Waals surface area contributed by atoms with E-state index in [1.807, 2.05) is 6.07 Å². The SMILES string of the molecule is COC(=O)c1cc(CC2COc3ccc(O)cc3C2O)ccc1OC. The number of aliphatic hydroxyl groups excluding tert-OH is 1. The zero-order valence-electron chi connectivity index (χ0n) is 14.1. The van der Waals surface area contributed by atoms with Gasteiger partial charge < -0.3 is 24.4 Å². The summed E-state index contributed by atoms with van der Waals surface area (Å²) in [6, 6.07) is 9.94. The molecule has 1 aliphatic rings. The molecule has 2 unspecified atom stereocenters. The van der Waals surface area contributed by atoms with Crippen molar-refractivity contribution in [3.63, 3.8) is 0 Å². The third-order valence-electron chi connectivity index (χ3n) is 4.38. The molecule has 2 atom stereocenters. The summed E-state index contributed by atoms with van der Waals surface area (Å²) in [5.74, 6) is 0.417. The summed E-state index contributed by atoms with van der Waals surface area (Å²) in [5, 5.41) is 20.3. The molecule has 2 N–H and O–H groups in total. The molecule has 0 saturated heterocycles. The summed E-state index contributed by atoms with van der Waals surface area (Å²) in [7, 11) is 2.81. The Kier molecular flexibility index (Phi) is 4.81. The van der Waals surface area contributed by atoms with Gasteiger partial charge in [0.2, 0.25) is 0 Å². The zero-order valence-corrected chi connectivity index (χ0v) is 14.1. The molecule has 6 heteroatoms. The molecule has 3 rings (SSSR count). The largest absolute Gasteiger partial charge is 0.508 e. The fourth-order valence-electron chi connectivity index (χ4n) is 3.07. The second-order valence-electron chi connectivity index (χ2n) is 5.97. The first-order valence-electron chi connectivity index (χ1n) is 7.92. The van der Waals surface area contributed by atoms with Gasteiger partial charge in [-0.15, -0.1) is 0 Å². The van der Waals surface area contributed by atoms with E-state index in [1.165, 1.54) is 26.4 Å². The Hall–Kier alpha value is -2.73. The van der Waals surface area contributed by atoms with Crippen LogP contribution in [0.1, 0.15) is 27.6 Å². The maximum absolute atomic E-state index is 11.9. The van der Waals surface area contributed by atoms with Crippen molar-refractivity contribution in [2.24, 2.45) is 5.92 Å². The highest BCUT2D eigenvalue weighted by atomic mass is 16.5. The first-order valence-corrected chi connectivity index (χ1v) is 7.92. The second kappa shape index (κ2) is 7.03. The van der Waals surface area contributed by atoms with Gasteiger partial charge in [-0.1, -0.05) is 6.07 Å². The van der Waals surface area contributed by atoms with Gasteiger partial charge in [-0.05, 0) is 42.3 Å². The molecule has 0 aliphatic carbocycles. The number of rotatable bonds is 4. The summed E-state index contributed by atoms with van der Waals surface area (Å²) >= 11 is 0. The summed E-state index contributed by atoms with van der Waals surface area (Å²) in [6.45, 7) is 0.346. The van der Waals surface area contributed by atoms with Crippen LogP contribution in [0, 0.1) is 5.92 Å². The molecule has 0 spiro atoms. The summed E-state index contributed by atoms with van der Waals surface area (Å²) in [4.78, 5) is 11.9. The third-order valence-corrected chi connectivity index (χ3v) is 4.38. The predicted molar refractivity (Wildman–Crippen MR) is 90.1 cm³/mol. The third kappa shape index (κ3) is 3.39. The van der Waals surface area contributed by atoms with E-state index in [4.69, 9.17) is 14.2 Å². The van der Waals surface area contributed by atoms with Gasteiger partial charge in [-0.3, -0.25) is 0 Å². The number of methoxy groups -OCH3 is 2. The van der Waals surface area contributed by atoms with Gasteiger partial charge in [-0.2, -0.15) is 0 Å². The number of fused-ring (bicyclic) bond motifs is 1. The molecule has 6 nitrogen and oxygen atoms in total. The topological polar surface area (TPSA) is 85.2 Å². The van der Waals surface area contributed by atoms with E-state index < -0.39 is 12.1 Å². The van der Waals surface area contributed by atoms with E-state index in [0.717, 1.165) is 5.56 Å². The first kappa shape index (κ1) is 17.1. The van der Waals surface area contributed by atoms with Gasteiger partial charge in [0.25, 0.3) is 0 Å². The molecule has 0 aromatic heterocycles. The van der Waals surface area contributed by atoms with Crippen molar-refractivity contribution < 1.29 is 29.2 Å². The molecular formula is C19H20O6. The van der Waals surface area contributed by atoms with Crippen molar-refractivity contribution in [3.05, 3.63) is 53.1 Å². The number of carbonyl (C=O) groups is 1. The van der Waals surface area contributed by atoms with Crippen molar-refractivity contribution >= 4 is 5.97 Å². The van der Waals surface area contributed by atoms with E-state index >= 15 is 0 Å². The summed E-state index contributed by atoms with van der Waals surface area (Å²) in [5.41, 5.74) is 1.77. The Bertz CT molecular complexity index is 785. The number of hydrogen-bond donors (Lipinski definition) is 2. The molecule has 0 radical (unpaired) electrons. The quantitative estimate of drug-likeness (QED) is 0.829. The molecule has 0 amide bonds. The zero-order chi connectivity index (χ0) is 18.0.